The summed E-state index contributed by atoms with van der Waals surface area (Å²) in [4.78, 5) is 21.3. The van der Waals surface area contributed by atoms with E-state index < -0.39 is 0 Å². The lowest BCUT2D eigenvalue weighted by molar-refractivity contribution is 0.0606. The van der Waals surface area contributed by atoms with Crippen molar-refractivity contribution in [2.24, 2.45) is 0 Å². The summed E-state index contributed by atoms with van der Waals surface area (Å²) in [7, 11) is 1.37. The number of hydrogen-bond donors (Lipinski definition) is 0. The highest BCUT2D eigenvalue weighted by atomic mass is 32.1. The van der Waals surface area contributed by atoms with E-state index in [1.54, 1.807) is 16.8 Å². The van der Waals surface area contributed by atoms with E-state index in [-0.39, 0.29) is 5.97 Å². The van der Waals surface area contributed by atoms with Crippen LogP contribution in [0, 0.1) is 0 Å². The van der Waals surface area contributed by atoms with Crippen molar-refractivity contribution in [2.45, 2.75) is 0 Å². The molecule has 18 heavy (non-hydrogen) atoms. The Morgan fingerprint density at radius 3 is 2.89 bits per heavy atom. The van der Waals surface area contributed by atoms with Crippen LogP contribution in [0.5, 0.6) is 0 Å². The van der Waals surface area contributed by atoms with Crippen LogP contribution >= 0.6 is 11.3 Å². The summed E-state index contributed by atoms with van der Waals surface area (Å²) in [6.45, 7) is 0. The molecule has 3 aromatic heterocycles. The predicted molar refractivity (Wildman–Crippen MR) is 67.6 cm³/mol. The maximum Gasteiger partial charge on any atom is 0.349 e. The Balaban J connectivity index is 2.04. The zero-order valence-corrected chi connectivity index (χ0v) is 10.3. The van der Waals surface area contributed by atoms with Gasteiger partial charge in [0.05, 0.1) is 12.8 Å². The number of fused-ring (bicyclic) bond motifs is 1. The number of thiazole rings is 1. The number of aromatic nitrogens is 3. The number of esters is 1. The van der Waals surface area contributed by atoms with Gasteiger partial charge in [0.15, 0.2) is 4.96 Å². The van der Waals surface area contributed by atoms with E-state index in [2.05, 4.69) is 14.7 Å². The second kappa shape index (κ2) is 4.23. The van der Waals surface area contributed by atoms with Crippen LogP contribution in [0.2, 0.25) is 0 Å². The molecule has 90 valence electrons. The van der Waals surface area contributed by atoms with Gasteiger partial charge in [0.25, 0.3) is 0 Å². The van der Waals surface area contributed by atoms with Gasteiger partial charge < -0.3 is 4.74 Å². The molecule has 0 atom stereocenters. The number of ether oxygens (including phenoxy) is 1. The SMILES string of the molecule is COC(=O)c1cn2cc(-c3ccccn3)nc2s1. The van der Waals surface area contributed by atoms with E-state index in [9.17, 15) is 4.79 Å². The van der Waals surface area contributed by atoms with Crippen molar-refractivity contribution in [3.05, 3.63) is 41.7 Å². The quantitative estimate of drug-likeness (QED) is 0.662. The number of hydrogen-bond acceptors (Lipinski definition) is 5. The standard InChI is InChI=1S/C12H9N3O2S/c1-17-11(16)10-7-15-6-9(14-12(15)18-10)8-4-2-3-5-13-8/h2-7H,1H3. The summed E-state index contributed by atoms with van der Waals surface area (Å²) < 4.78 is 6.47. The monoisotopic (exact) mass is 259 g/mol. The fraction of sp³-hybridized carbons (Fsp3) is 0.0833. The van der Waals surface area contributed by atoms with Crippen LogP contribution in [-0.2, 0) is 4.74 Å². The Morgan fingerprint density at radius 2 is 2.22 bits per heavy atom. The minimum absolute atomic E-state index is 0.343. The van der Waals surface area contributed by atoms with Crippen molar-refractivity contribution in [3.8, 4) is 11.4 Å². The first-order chi connectivity index (χ1) is 8.78. The zero-order valence-electron chi connectivity index (χ0n) is 9.53. The molecule has 3 aromatic rings. The molecule has 0 N–H and O–H groups in total. The van der Waals surface area contributed by atoms with Crippen LogP contribution in [0.3, 0.4) is 0 Å². The van der Waals surface area contributed by atoms with E-state index in [1.807, 2.05) is 24.4 Å². The molecule has 0 aliphatic rings. The fourth-order valence-corrected chi connectivity index (χ4v) is 2.51. The first-order valence-electron chi connectivity index (χ1n) is 5.26. The first-order valence-corrected chi connectivity index (χ1v) is 6.08. The smallest absolute Gasteiger partial charge is 0.349 e. The number of carbonyl (C=O) groups excluding carboxylic acids is 1. The summed E-state index contributed by atoms with van der Waals surface area (Å²) in [6, 6.07) is 5.67. The summed E-state index contributed by atoms with van der Waals surface area (Å²) in [5.41, 5.74) is 1.60. The molecule has 0 bridgehead atoms. The van der Waals surface area contributed by atoms with Crippen molar-refractivity contribution in [1.29, 1.82) is 0 Å². The molecule has 3 rings (SSSR count). The molecule has 0 unspecified atom stereocenters. The summed E-state index contributed by atoms with van der Waals surface area (Å²) in [5, 5.41) is 0. The van der Waals surface area contributed by atoms with Crippen LogP contribution in [0.15, 0.2) is 36.8 Å². The van der Waals surface area contributed by atoms with Crippen molar-refractivity contribution in [2.75, 3.05) is 7.11 Å². The molecule has 0 aliphatic carbocycles. The van der Waals surface area contributed by atoms with Crippen molar-refractivity contribution in [3.63, 3.8) is 0 Å². The highest BCUT2D eigenvalue weighted by Gasteiger charge is 2.13. The van der Waals surface area contributed by atoms with Gasteiger partial charge in [-0.1, -0.05) is 17.4 Å². The summed E-state index contributed by atoms with van der Waals surface area (Å²) in [5.74, 6) is -0.343. The molecule has 5 nitrogen and oxygen atoms in total. The number of imidazole rings is 1. The molecular weight excluding hydrogens is 250 g/mol. The normalized spacial score (nSPS) is 10.7. The van der Waals surface area contributed by atoms with Crippen molar-refractivity contribution >= 4 is 22.3 Å². The van der Waals surface area contributed by atoms with Crippen LogP contribution in [0.25, 0.3) is 16.3 Å². The van der Waals surface area contributed by atoms with Gasteiger partial charge in [-0.3, -0.25) is 9.38 Å². The van der Waals surface area contributed by atoms with Gasteiger partial charge in [-0.15, -0.1) is 0 Å². The number of pyridine rings is 1. The number of carbonyl (C=O) groups is 1. The Bertz CT molecular complexity index is 671. The number of nitrogens with zero attached hydrogens (tertiary/aromatic N) is 3. The summed E-state index contributed by atoms with van der Waals surface area (Å²) in [6.07, 6.45) is 5.29. The molecule has 0 radical (unpaired) electrons. The highest BCUT2D eigenvalue weighted by Crippen LogP contribution is 2.22. The molecule has 0 saturated carbocycles. The molecule has 6 heteroatoms. The predicted octanol–water partition coefficient (Wildman–Crippen LogP) is 2.24. The third-order valence-corrected chi connectivity index (χ3v) is 3.45. The highest BCUT2D eigenvalue weighted by molar-refractivity contribution is 7.18. The van der Waals surface area contributed by atoms with Crippen molar-refractivity contribution in [1.82, 2.24) is 14.4 Å². The lowest BCUT2D eigenvalue weighted by atomic mass is 10.3. The Kier molecular flexibility index (Phi) is 2.56. The van der Waals surface area contributed by atoms with Crippen molar-refractivity contribution < 1.29 is 9.53 Å². The second-order valence-electron chi connectivity index (χ2n) is 3.62. The lowest BCUT2D eigenvalue weighted by Gasteiger charge is -1.93. The third kappa shape index (κ3) is 1.76. The van der Waals surface area contributed by atoms with Gasteiger partial charge in [-0.25, -0.2) is 9.78 Å². The van der Waals surface area contributed by atoms with Gasteiger partial charge in [0, 0.05) is 18.6 Å². The second-order valence-corrected chi connectivity index (χ2v) is 4.63. The fourth-order valence-electron chi connectivity index (χ4n) is 1.63. The van der Waals surface area contributed by atoms with E-state index in [1.165, 1.54) is 18.4 Å². The van der Waals surface area contributed by atoms with Crippen LogP contribution in [0.1, 0.15) is 9.67 Å². The van der Waals surface area contributed by atoms with Gasteiger partial charge >= 0.3 is 5.97 Å². The first kappa shape index (κ1) is 10.9. The largest absolute Gasteiger partial charge is 0.465 e. The third-order valence-electron chi connectivity index (χ3n) is 2.47. The molecule has 0 spiro atoms. The molecular formula is C12H9N3O2S. The molecule has 0 aliphatic heterocycles. The van der Waals surface area contributed by atoms with E-state index in [4.69, 9.17) is 0 Å². The Morgan fingerprint density at radius 1 is 1.33 bits per heavy atom. The average molecular weight is 259 g/mol. The lowest BCUT2D eigenvalue weighted by Crippen LogP contribution is -1.97. The van der Waals surface area contributed by atoms with E-state index >= 15 is 0 Å². The maximum atomic E-state index is 11.4. The van der Waals surface area contributed by atoms with Gasteiger partial charge in [-0.2, -0.15) is 0 Å². The number of rotatable bonds is 2. The Hall–Kier alpha value is -2.21. The van der Waals surface area contributed by atoms with E-state index in [0.717, 1.165) is 16.3 Å². The number of methoxy groups -OCH3 is 1. The van der Waals surface area contributed by atoms with Crippen LogP contribution < -0.4 is 0 Å². The minimum atomic E-state index is -0.343. The molecule has 0 saturated heterocycles. The maximum absolute atomic E-state index is 11.4. The average Bonchev–Trinajstić information content (AvgIpc) is 2.97. The van der Waals surface area contributed by atoms with Crippen LogP contribution in [0.4, 0.5) is 0 Å². The van der Waals surface area contributed by atoms with Gasteiger partial charge in [-0.05, 0) is 12.1 Å². The summed E-state index contributed by atoms with van der Waals surface area (Å²) >= 11 is 1.29. The molecule has 0 aromatic carbocycles. The zero-order chi connectivity index (χ0) is 12.5. The topological polar surface area (TPSA) is 56.5 Å². The van der Waals surface area contributed by atoms with E-state index in [0.29, 0.717) is 4.88 Å². The minimum Gasteiger partial charge on any atom is -0.465 e. The molecule has 0 amide bonds. The molecule has 0 fully saturated rings. The Labute approximate surface area is 107 Å². The van der Waals surface area contributed by atoms with Crippen LogP contribution in [-0.4, -0.2) is 27.4 Å². The van der Waals surface area contributed by atoms with Gasteiger partial charge in [0.2, 0.25) is 0 Å². The van der Waals surface area contributed by atoms with Gasteiger partial charge in [0.1, 0.15) is 10.6 Å². The molecule has 3 heterocycles.